The molecule has 0 unspecified atom stereocenters. The fourth-order valence-corrected chi connectivity index (χ4v) is 6.05. The van der Waals surface area contributed by atoms with Crippen LogP contribution in [0, 0.1) is 0 Å². The summed E-state index contributed by atoms with van der Waals surface area (Å²) in [7, 11) is -2.45. The number of carbonyl (C=O) groups is 2. The van der Waals surface area contributed by atoms with Gasteiger partial charge in [-0.2, -0.15) is 0 Å². The maximum Gasteiger partial charge on any atom is 0.244 e. The van der Waals surface area contributed by atoms with Crippen LogP contribution in [0.1, 0.15) is 18.1 Å². The van der Waals surface area contributed by atoms with Crippen molar-refractivity contribution in [1.82, 2.24) is 10.2 Å². The number of ether oxygens (including phenoxy) is 2. The number of amides is 2. The minimum absolute atomic E-state index is 0.122. The highest BCUT2D eigenvalue weighted by atomic mass is 35.5. The van der Waals surface area contributed by atoms with Crippen LogP contribution in [0.4, 0.5) is 5.69 Å². The van der Waals surface area contributed by atoms with Gasteiger partial charge in [0.25, 0.3) is 0 Å². The van der Waals surface area contributed by atoms with E-state index in [0.717, 1.165) is 9.87 Å². The number of nitrogens with one attached hydrogen (secondary N) is 1. The first-order valence-corrected chi connectivity index (χ1v) is 15.4. The van der Waals surface area contributed by atoms with Gasteiger partial charge in [-0.3, -0.25) is 13.9 Å². The number of halogens is 2. The molecular weight excluding hydrogens is 589 g/mol. The van der Waals surface area contributed by atoms with Crippen molar-refractivity contribution in [1.29, 1.82) is 0 Å². The molecule has 2 amide bonds. The van der Waals surface area contributed by atoms with Gasteiger partial charge in [0.2, 0.25) is 21.8 Å². The summed E-state index contributed by atoms with van der Waals surface area (Å²) in [6.07, 6.45) is 0.179. The lowest BCUT2D eigenvalue weighted by Gasteiger charge is -2.34. The molecule has 1 aliphatic heterocycles. The normalized spacial score (nSPS) is 13.3. The van der Waals surface area contributed by atoms with Gasteiger partial charge in [0.15, 0.2) is 11.5 Å². The predicted octanol–water partition coefficient (Wildman–Crippen LogP) is 4.31. The number of fused-ring (bicyclic) bond motifs is 1. The SMILES string of the molecule is CCS(=O)(=O)N(CC(=O)N(Cc1c(Cl)cccc1Cl)[C@@H](Cc1ccccc1)C(=O)NC)c1ccc2c(c1)OCCO2. The molecule has 1 atom stereocenters. The first kappa shape index (κ1) is 30.5. The molecule has 4 rings (SSSR count). The number of hydrogen-bond acceptors (Lipinski definition) is 6. The summed E-state index contributed by atoms with van der Waals surface area (Å²) >= 11 is 12.9. The Morgan fingerprint density at radius 3 is 2.24 bits per heavy atom. The van der Waals surface area contributed by atoms with Crippen LogP contribution in [0.5, 0.6) is 11.5 Å². The molecule has 1 aliphatic rings. The third-order valence-corrected chi connectivity index (χ3v) is 9.15. The fourth-order valence-electron chi connectivity index (χ4n) is 4.48. The molecule has 41 heavy (non-hydrogen) atoms. The quantitative estimate of drug-likeness (QED) is 0.343. The molecule has 0 fully saturated rings. The number of likely N-dealkylation sites (N-methyl/N-ethyl adjacent to an activating group) is 1. The van der Waals surface area contributed by atoms with Gasteiger partial charge in [-0.15, -0.1) is 0 Å². The highest BCUT2D eigenvalue weighted by Crippen LogP contribution is 2.35. The zero-order chi connectivity index (χ0) is 29.6. The molecule has 12 heteroatoms. The average Bonchev–Trinajstić information content (AvgIpc) is 2.98. The van der Waals surface area contributed by atoms with Crippen molar-refractivity contribution < 1.29 is 27.5 Å². The number of nitrogens with zero attached hydrogens (tertiary/aromatic N) is 2. The van der Waals surface area contributed by atoms with E-state index < -0.39 is 34.4 Å². The van der Waals surface area contributed by atoms with Crippen LogP contribution >= 0.6 is 23.2 Å². The van der Waals surface area contributed by atoms with Crippen LogP contribution < -0.4 is 19.1 Å². The Morgan fingerprint density at radius 2 is 1.61 bits per heavy atom. The molecule has 0 radical (unpaired) electrons. The van der Waals surface area contributed by atoms with Crippen molar-refractivity contribution in [3.05, 3.63) is 87.9 Å². The topological polar surface area (TPSA) is 105 Å². The standard InChI is InChI=1S/C29H31Cl2N3O6S/c1-3-41(37,38)34(21-12-13-26-27(17-21)40-15-14-39-26)19-28(35)33(18-22-23(30)10-7-11-24(22)31)25(29(36)32-2)16-20-8-5-4-6-9-20/h4-13,17,25H,3,14-16,18-19H2,1-2H3,(H,32,36)/t25-/m0/s1. The lowest BCUT2D eigenvalue weighted by Crippen LogP contribution is -2.53. The summed E-state index contributed by atoms with van der Waals surface area (Å²) in [6, 6.07) is 17.9. The van der Waals surface area contributed by atoms with E-state index in [4.69, 9.17) is 32.7 Å². The Morgan fingerprint density at radius 1 is 0.951 bits per heavy atom. The Kier molecular flexibility index (Phi) is 10.0. The van der Waals surface area contributed by atoms with E-state index in [1.165, 1.54) is 24.9 Å². The predicted molar refractivity (Wildman–Crippen MR) is 159 cm³/mol. The first-order chi connectivity index (χ1) is 19.6. The maximum atomic E-state index is 14.2. The lowest BCUT2D eigenvalue weighted by molar-refractivity contribution is -0.139. The third-order valence-electron chi connectivity index (χ3n) is 6.70. The molecule has 0 saturated heterocycles. The van der Waals surface area contributed by atoms with Crippen LogP contribution in [0.2, 0.25) is 10.0 Å². The number of anilines is 1. The first-order valence-electron chi connectivity index (χ1n) is 13.0. The van der Waals surface area contributed by atoms with E-state index in [1.807, 2.05) is 30.3 Å². The Hall–Kier alpha value is -3.47. The van der Waals surface area contributed by atoms with Crippen molar-refractivity contribution in [2.24, 2.45) is 0 Å². The van der Waals surface area contributed by atoms with Crippen LogP contribution in [0.25, 0.3) is 0 Å². The van der Waals surface area contributed by atoms with Crippen molar-refractivity contribution in [2.45, 2.75) is 25.9 Å². The van der Waals surface area contributed by atoms with Gasteiger partial charge in [0.05, 0.1) is 11.4 Å². The molecule has 1 N–H and O–H groups in total. The average molecular weight is 621 g/mol. The fraction of sp³-hybridized carbons (Fsp3) is 0.310. The second-order valence-electron chi connectivity index (χ2n) is 9.28. The molecule has 0 bridgehead atoms. The minimum Gasteiger partial charge on any atom is -0.486 e. The molecule has 0 saturated carbocycles. The van der Waals surface area contributed by atoms with Crippen molar-refractivity contribution >= 4 is 50.7 Å². The van der Waals surface area contributed by atoms with Gasteiger partial charge in [-0.05, 0) is 36.8 Å². The number of rotatable bonds is 11. The van der Waals surface area contributed by atoms with Crippen molar-refractivity contribution in [3.8, 4) is 11.5 Å². The largest absolute Gasteiger partial charge is 0.486 e. The summed E-state index contributed by atoms with van der Waals surface area (Å²) in [6.45, 7) is 1.50. The van der Waals surface area contributed by atoms with Gasteiger partial charge in [0.1, 0.15) is 25.8 Å². The van der Waals surface area contributed by atoms with E-state index >= 15 is 0 Å². The van der Waals surface area contributed by atoms with E-state index in [-0.39, 0.29) is 24.4 Å². The highest BCUT2D eigenvalue weighted by molar-refractivity contribution is 7.92. The van der Waals surface area contributed by atoms with Gasteiger partial charge in [-0.25, -0.2) is 8.42 Å². The second-order valence-corrected chi connectivity index (χ2v) is 12.3. The zero-order valence-corrected chi connectivity index (χ0v) is 25.0. The molecule has 0 aromatic heterocycles. The van der Waals surface area contributed by atoms with E-state index in [1.54, 1.807) is 30.3 Å². The smallest absolute Gasteiger partial charge is 0.244 e. The maximum absolute atomic E-state index is 14.2. The molecule has 0 aliphatic carbocycles. The molecular formula is C29H31Cl2N3O6S. The van der Waals surface area contributed by atoms with E-state index in [2.05, 4.69) is 5.32 Å². The molecule has 1 heterocycles. The molecule has 218 valence electrons. The zero-order valence-electron chi connectivity index (χ0n) is 22.7. The molecule has 3 aromatic carbocycles. The minimum atomic E-state index is -3.93. The Labute approximate surface area is 250 Å². The van der Waals surface area contributed by atoms with Gasteiger partial charge in [-0.1, -0.05) is 59.6 Å². The van der Waals surface area contributed by atoms with Crippen molar-refractivity contribution in [3.63, 3.8) is 0 Å². The monoisotopic (exact) mass is 619 g/mol. The number of sulfonamides is 1. The Bertz CT molecular complexity index is 1480. The van der Waals surface area contributed by atoms with Crippen LogP contribution in [0.3, 0.4) is 0 Å². The number of benzene rings is 3. The summed E-state index contributed by atoms with van der Waals surface area (Å²) in [5.74, 6) is -0.428. The summed E-state index contributed by atoms with van der Waals surface area (Å²) in [5.41, 5.74) is 1.49. The second kappa shape index (κ2) is 13.5. The van der Waals surface area contributed by atoms with Gasteiger partial charge >= 0.3 is 0 Å². The van der Waals surface area contributed by atoms with Gasteiger partial charge in [0, 0.05) is 41.7 Å². The highest BCUT2D eigenvalue weighted by Gasteiger charge is 2.34. The van der Waals surface area contributed by atoms with Crippen LogP contribution in [-0.4, -0.2) is 63.7 Å². The van der Waals surface area contributed by atoms with Crippen molar-refractivity contribution in [2.75, 3.05) is 36.9 Å². The summed E-state index contributed by atoms with van der Waals surface area (Å²) in [4.78, 5) is 28.7. The molecule has 3 aromatic rings. The van der Waals surface area contributed by atoms with Crippen LogP contribution in [-0.2, 0) is 32.6 Å². The molecule has 9 nitrogen and oxygen atoms in total. The van der Waals surface area contributed by atoms with E-state index in [9.17, 15) is 18.0 Å². The third kappa shape index (κ3) is 7.25. The number of carbonyl (C=O) groups excluding carboxylic acids is 2. The molecule has 0 spiro atoms. The summed E-state index contributed by atoms with van der Waals surface area (Å²) in [5, 5.41) is 3.27. The van der Waals surface area contributed by atoms with Gasteiger partial charge < -0.3 is 19.7 Å². The van der Waals surface area contributed by atoms with Crippen LogP contribution in [0.15, 0.2) is 66.7 Å². The Balaban J connectivity index is 1.76. The number of hydrogen-bond donors (Lipinski definition) is 1. The summed E-state index contributed by atoms with van der Waals surface area (Å²) < 4.78 is 38.8. The van der Waals surface area contributed by atoms with E-state index in [0.29, 0.717) is 40.3 Å². The lowest BCUT2D eigenvalue weighted by atomic mass is 10.0.